The topological polar surface area (TPSA) is 81.4 Å². The molecule has 1 amide bonds. The second-order valence-electron chi connectivity index (χ2n) is 9.38. The first kappa shape index (κ1) is 27.7. The number of ether oxygens (including phenoxy) is 1. The van der Waals surface area contributed by atoms with Crippen LogP contribution in [-0.2, 0) is 10.2 Å². The van der Waals surface area contributed by atoms with E-state index in [4.69, 9.17) is 27.9 Å². The molecule has 38 heavy (non-hydrogen) atoms. The number of nitrogens with zero attached hydrogens (tertiary/aromatic N) is 4. The van der Waals surface area contributed by atoms with Crippen LogP contribution in [0.15, 0.2) is 77.0 Å². The molecule has 0 saturated carbocycles. The molecular weight excluding hydrogens is 541 g/mol. The summed E-state index contributed by atoms with van der Waals surface area (Å²) in [6, 6.07) is 21.0. The van der Waals surface area contributed by atoms with Gasteiger partial charge < -0.3 is 4.74 Å². The molecule has 0 saturated heterocycles. The van der Waals surface area contributed by atoms with Gasteiger partial charge in [0.15, 0.2) is 11.0 Å². The monoisotopic (exact) mass is 567 g/mol. The molecule has 0 fully saturated rings. The highest BCUT2D eigenvalue weighted by Crippen LogP contribution is 2.31. The van der Waals surface area contributed by atoms with E-state index in [-0.39, 0.29) is 17.1 Å². The number of rotatable bonds is 8. The predicted octanol–water partition coefficient (Wildman–Crippen LogP) is 6.79. The minimum Gasteiger partial charge on any atom is -0.497 e. The summed E-state index contributed by atoms with van der Waals surface area (Å²) < 4.78 is 7.24. The molecule has 3 aromatic carbocycles. The van der Waals surface area contributed by atoms with Crippen molar-refractivity contribution >= 4 is 47.1 Å². The molecule has 7 nitrogen and oxygen atoms in total. The lowest BCUT2D eigenvalue weighted by Gasteiger charge is -2.19. The Morgan fingerprint density at radius 3 is 2.29 bits per heavy atom. The summed E-state index contributed by atoms with van der Waals surface area (Å²) in [5.41, 5.74) is 6.06. The van der Waals surface area contributed by atoms with Gasteiger partial charge in [-0.2, -0.15) is 5.10 Å². The number of methoxy groups -OCH3 is 1. The fourth-order valence-electron chi connectivity index (χ4n) is 3.60. The van der Waals surface area contributed by atoms with Crippen molar-refractivity contribution in [2.24, 2.45) is 5.10 Å². The zero-order valence-electron chi connectivity index (χ0n) is 21.4. The number of halogens is 2. The SMILES string of the molecule is COc1ccc(-n2c(SCC(=O)NN=Cc3c(Cl)cccc3Cl)nnc2-c2ccc(C(C)(C)C)cc2)cc1. The molecule has 196 valence electrons. The van der Waals surface area contributed by atoms with E-state index in [1.165, 1.54) is 23.5 Å². The number of hydrogen-bond acceptors (Lipinski definition) is 6. The summed E-state index contributed by atoms with van der Waals surface area (Å²) in [6.45, 7) is 6.53. The van der Waals surface area contributed by atoms with Crippen molar-refractivity contribution in [3.8, 4) is 22.8 Å². The smallest absolute Gasteiger partial charge is 0.250 e. The highest BCUT2D eigenvalue weighted by molar-refractivity contribution is 7.99. The van der Waals surface area contributed by atoms with E-state index in [0.717, 1.165) is 17.0 Å². The normalized spacial score (nSPS) is 11.6. The van der Waals surface area contributed by atoms with E-state index in [0.29, 0.717) is 26.6 Å². The second-order valence-corrected chi connectivity index (χ2v) is 11.1. The molecule has 1 aromatic heterocycles. The van der Waals surface area contributed by atoms with E-state index in [9.17, 15) is 4.79 Å². The number of hydrogen-bond donors (Lipinski definition) is 1. The lowest BCUT2D eigenvalue weighted by atomic mass is 9.87. The van der Waals surface area contributed by atoms with Crippen molar-refractivity contribution in [3.63, 3.8) is 0 Å². The zero-order valence-corrected chi connectivity index (χ0v) is 23.7. The number of carbonyl (C=O) groups excluding carboxylic acids is 1. The molecule has 10 heteroatoms. The van der Waals surface area contributed by atoms with Crippen LogP contribution in [0.1, 0.15) is 31.9 Å². The predicted molar refractivity (Wildman–Crippen MR) is 155 cm³/mol. The Balaban J connectivity index is 1.56. The van der Waals surface area contributed by atoms with Gasteiger partial charge >= 0.3 is 0 Å². The van der Waals surface area contributed by atoms with E-state index in [1.54, 1.807) is 25.3 Å². The molecule has 0 aliphatic carbocycles. The van der Waals surface area contributed by atoms with Crippen LogP contribution in [-0.4, -0.2) is 39.7 Å². The summed E-state index contributed by atoms with van der Waals surface area (Å²) in [6.07, 6.45) is 1.42. The lowest BCUT2D eigenvalue weighted by molar-refractivity contribution is -0.118. The number of benzene rings is 3. The van der Waals surface area contributed by atoms with Crippen LogP contribution in [0, 0.1) is 0 Å². The molecule has 1 heterocycles. The maximum Gasteiger partial charge on any atom is 0.250 e. The summed E-state index contributed by atoms with van der Waals surface area (Å²) in [7, 11) is 1.62. The minimum absolute atomic E-state index is 0.0379. The average molecular weight is 569 g/mol. The molecule has 4 rings (SSSR count). The first-order chi connectivity index (χ1) is 18.2. The molecule has 0 atom stereocenters. The van der Waals surface area contributed by atoms with Gasteiger partial charge in [0.05, 0.1) is 29.1 Å². The van der Waals surface area contributed by atoms with Gasteiger partial charge in [-0.3, -0.25) is 9.36 Å². The third kappa shape index (κ3) is 6.56. The van der Waals surface area contributed by atoms with Crippen molar-refractivity contribution < 1.29 is 9.53 Å². The first-order valence-electron chi connectivity index (χ1n) is 11.8. The van der Waals surface area contributed by atoms with Crippen LogP contribution in [0.2, 0.25) is 10.0 Å². The molecular formula is C28H27Cl2N5O2S. The van der Waals surface area contributed by atoms with Gasteiger partial charge in [0.2, 0.25) is 0 Å². The molecule has 0 unspecified atom stereocenters. The van der Waals surface area contributed by atoms with Gasteiger partial charge in [-0.05, 0) is 47.4 Å². The molecule has 0 aliphatic rings. The van der Waals surface area contributed by atoms with Gasteiger partial charge in [-0.25, -0.2) is 5.43 Å². The van der Waals surface area contributed by atoms with Gasteiger partial charge in [-0.1, -0.05) is 86.1 Å². The first-order valence-corrected chi connectivity index (χ1v) is 13.5. The standard InChI is InChI=1S/C28H27Cl2N5O2S/c1-28(2,3)19-10-8-18(9-11-19)26-33-34-27(35(26)20-12-14-21(37-4)15-13-20)38-17-25(36)32-31-16-22-23(29)6-5-7-24(22)30/h5-16H,17H2,1-4H3,(H,32,36). The number of nitrogens with one attached hydrogen (secondary N) is 1. The van der Waals surface area contributed by atoms with E-state index >= 15 is 0 Å². The molecule has 0 spiro atoms. The van der Waals surface area contributed by atoms with Crippen LogP contribution in [0.3, 0.4) is 0 Å². The average Bonchev–Trinajstić information content (AvgIpc) is 3.33. The fraction of sp³-hybridized carbons (Fsp3) is 0.214. The van der Waals surface area contributed by atoms with Crippen molar-refractivity contribution in [2.75, 3.05) is 12.9 Å². The van der Waals surface area contributed by atoms with E-state index in [2.05, 4.69) is 53.6 Å². The van der Waals surface area contributed by atoms with Crippen LogP contribution in [0.4, 0.5) is 0 Å². The Morgan fingerprint density at radius 1 is 1.03 bits per heavy atom. The Labute approximate surface area is 236 Å². The lowest BCUT2D eigenvalue weighted by Crippen LogP contribution is -2.20. The van der Waals surface area contributed by atoms with Gasteiger partial charge in [0, 0.05) is 16.8 Å². The highest BCUT2D eigenvalue weighted by Gasteiger charge is 2.19. The molecule has 1 N–H and O–H groups in total. The van der Waals surface area contributed by atoms with Gasteiger partial charge in [-0.15, -0.1) is 10.2 Å². The van der Waals surface area contributed by atoms with Gasteiger partial charge in [0.25, 0.3) is 5.91 Å². The third-order valence-corrected chi connectivity index (χ3v) is 7.28. The molecule has 0 aliphatic heterocycles. The van der Waals surface area contributed by atoms with Crippen LogP contribution < -0.4 is 10.2 Å². The van der Waals surface area contributed by atoms with Crippen molar-refractivity contribution in [1.82, 2.24) is 20.2 Å². The largest absolute Gasteiger partial charge is 0.497 e. The molecule has 0 bridgehead atoms. The highest BCUT2D eigenvalue weighted by atomic mass is 35.5. The van der Waals surface area contributed by atoms with Crippen LogP contribution >= 0.6 is 35.0 Å². The molecule has 0 radical (unpaired) electrons. The van der Waals surface area contributed by atoms with Crippen molar-refractivity contribution in [3.05, 3.63) is 87.9 Å². The quantitative estimate of drug-likeness (QED) is 0.144. The third-order valence-electron chi connectivity index (χ3n) is 5.69. The minimum atomic E-state index is -0.310. The Bertz CT molecular complexity index is 1430. The maximum absolute atomic E-state index is 12.5. The van der Waals surface area contributed by atoms with Crippen LogP contribution in [0.5, 0.6) is 5.75 Å². The maximum atomic E-state index is 12.5. The number of hydrazone groups is 1. The number of carbonyl (C=O) groups is 1. The number of amides is 1. The Morgan fingerprint density at radius 2 is 1.68 bits per heavy atom. The Kier molecular flexibility index (Phi) is 8.76. The summed E-state index contributed by atoms with van der Waals surface area (Å²) in [4.78, 5) is 12.5. The summed E-state index contributed by atoms with van der Waals surface area (Å²) >= 11 is 13.5. The summed E-state index contributed by atoms with van der Waals surface area (Å²) in [5.74, 6) is 1.17. The number of aromatic nitrogens is 3. The van der Waals surface area contributed by atoms with E-state index in [1.807, 2.05) is 41.0 Å². The Hall–Kier alpha value is -3.33. The fourth-order valence-corrected chi connectivity index (χ4v) is 4.84. The van der Waals surface area contributed by atoms with Crippen molar-refractivity contribution in [1.29, 1.82) is 0 Å². The number of thioether (sulfide) groups is 1. The van der Waals surface area contributed by atoms with Gasteiger partial charge in [0.1, 0.15) is 5.75 Å². The zero-order chi connectivity index (χ0) is 27.3. The molecule has 4 aromatic rings. The second kappa shape index (κ2) is 12.0. The summed E-state index contributed by atoms with van der Waals surface area (Å²) in [5, 5.41) is 14.3. The van der Waals surface area contributed by atoms with Crippen molar-refractivity contribution in [2.45, 2.75) is 31.3 Å². The van der Waals surface area contributed by atoms with Crippen LogP contribution in [0.25, 0.3) is 17.1 Å². The van der Waals surface area contributed by atoms with E-state index < -0.39 is 0 Å².